The van der Waals surface area contributed by atoms with Crippen molar-refractivity contribution in [2.75, 3.05) is 0 Å². The van der Waals surface area contributed by atoms with Crippen molar-refractivity contribution in [3.63, 3.8) is 0 Å². The van der Waals surface area contributed by atoms with Gasteiger partial charge < -0.3 is 30.3 Å². The van der Waals surface area contributed by atoms with Crippen molar-refractivity contribution < 1.29 is 35.1 Å². The van der Waals surface area contributed by atoms with E-state index in [1.807, 2.05) is 0 Å². The highest BCUT2D eigenvalue weighted by Crippen LogP contribution is 2.19. The maximum Gasteiger partial charge on any atom is 0.335 e. The molecule has 5 N–H and O–H groups in total. The molecule has 0 aliphatic carbocycles. The lowest BCUT2D eigenvalue weighted by molar-refractivity contribution is -0.279. The third-order valence-corrected chi connectivity index (χ3v) is 1.83. The van der Waals surface area contributed by atoms with E-state index in [1.165, 1.54) is 0 Å². The van der Waals surface area contributed by atoms with Crippen LogP contribution in [0.15, 0.2) is 0 Å². The van der Waals surface area contributed by atoms with Crippen LogP contribution in [0.5, 0.6) is 0 Å². The molecule has 7 heteroatoms. The van der Waals surface area contributed by atoms with Crippen LogP contribution in [0.25, 0.3) is 0 Å². The molecule has 0 bridgehead atoms. The minimum atomic E-state index is -1.81. The van der Waals surface area contributed by atoms with Crippen molar-refractivity contribution in [2.24, 2.45) is 0 Å². The lowest BCUT2D eigenvalue weighted by atomic mass is 9.99. The van der Waals surface area contributed by atoms with E-state index < -0.39 is 36.7 Å². The van der Waals surface area contributed by atoms with Crippen LogP contribution in [0.3, 0.4) is 0 Å². The van der Waals surface area contributed by atoms with E-state index >= 15 is 0 Å². The number of carboxylic acid groups (broad SMARTS) is 1. The summed E-state index contributed by atoms with van der Waals surface area (Å²) < 4.78 is 4.34. The van der Waals surface area contributed by atoms with Crippen LogP contribution in [0.2, 0.25) is 0 Å². The summed E-state index contributed by atoms with van der Waals surface area (Å²) in [5.41, 5.74) is 0. The van der Waals surface area contributed by atoms with Crippen molar-refractivity contribution in [1.82, 2.24) is 0 Å². The predicted molar refractivity (Wildman–Crippen MR) is 36.5 cm³/mol. The lowest BCUT2D eigenvalue weighted by Crippen LogP contribution is -2.59. The Balaban J connectivity index is 2.76. The molecule has 0 aromatic carbocycles. The maximum atomic E-state index is 10.4. The standard InChI is InChI=1S/C6H10O7/c7-1-2(8)4(5(10)11)13-6(12)3(1)9/h1-4,6-9,12H,(H,10,11)/t1-,2+,3-,4-,6-/m0/s1. The Kier molecular flexibility index (Phi) is 2.84. The Morgan fingerprint density at radius 3 is 2.00 bits per heavy atom. The monoisotopic (exact) mass is 194 g/mol. The van der Waals surface area contributed by atoms with E-state index in [2.05, 4.69) is 4.74 Å². The molecule has 0 aromatic heterocycles. The van der Waals surface area contributed by atoms with Gasteiger partial charge in [-0.05, 0) is 0 Å². The van der Waals surface area contributed by atoms with Gasteiger partial charge in [0.2, 0.25) is 0 Å². The Bertz CT molecular complexity index is 205. The van der Waals surface area contributed by atoms with E-state index in [0.29, 0.717) is 0 Å². The molecule has 5 atom stereocenters. The normalized spacial score (nSPS) is 46.0. The first-order chi connectivity index (χ1) is 5.95. The summed E-state index contributed by atoms with van der Waals surface area (Å²) in [5.74, 6) is -1.52. The number of aliphatic hydroxyl groups excluding tert-OH is 4. The highest BCUT2D eigenvalue weighted by atomic mass is 16.6. The molecule has 1 aliphatic rings. The minimum Gasteiger partial charge on any atom is -0.479 e. The van der Waals surface area contributed by atoms with Crippen LogP contribution < -0.4 is 0 Å². The van der Waals surface area contributed by atoms with Gasteiger partial charge in [0.15, 0.2) is 12.4 Å². The number of rotatable bonds is 1. The highest BCUT2D eigenvalue weighted by Gasteiger charge is 2.46. The van der Waals surface area contributed by atoms with E-state index in [4.69, 9.17) is 25.5 Å². The molecule has 1 aliphatic heterocycles. The summed E-state index contributed by atoms with van der Waals surface area (Å²) in [6.07, 6.45) is -8.72. The van der Waals surface area contributed by atoms with Crippen LogP contribution in [0.4, 0.5) is 0 Å². The van der Waals surface area contributed by atoms with Gasteiger partial charge in [-0.15, -0.1) is 0 Å². The van der Waals surface area contributed by atoms with E-state index in [-0.39, 0.29) is 0 Å². The summed E-state index contributed by atoms with van der Waals surface area (Å²) in [6, 6.07) is 0. The molecule has 1 heterocycles. The van der Waals surface area contributed by atoms with Crippen LogP contribution in [-0.4, -0.2) is 62.2 Å². The number of carbonyl (C=O) groups is 1. The zero-order valence-corrected chi connectivity index (χ0v) is 6.44. The number of hydrogen-bond acceptors (Lipinski definition) is 6. The van der Waals surface area contributed by atoms with Crippen LogP contribution in [-0.2, 0) is 9.53 Å². The Hall–Kier alpha value is -0.730. The number of ether oxygens (including phenoxy) is 1. The van der Waals surface area contributed by atoms with Gasteiger partial charge in [-0.25, -0.2) is 4.79 Å². The Morgan fingerprint density at radius 1 is 1.00 bits per heavy atom. The molecule has 13 heavy (non-hydrogen) atoms. The van der Waals surface area contributed by atoms with Gasteiger partial charge in [-0.3, -0.25) is 0 Å². The van der Waals surface area contributed by atoms with Crippen molar-refractivity contribution in [2.45, 2.75) is 30.7 Å². The second kappa shape index (κ2) is 3.56. The summed E-state index contributed by atoms with van der Waals surface area (Å²) in [4.78, 5) is 10.4. The first-order valence-corrected chi connectivity index (χ1v) is 3.55. The first-order valence-electron chi connectivity index (χ1n) is 3.55. The third kappa shape index (κ3) is 1.79. The van der Waals surface area contributed by atoms with E-state index in [1.54, 1.807) is 0 Å². The topological polar surface area (TPSA) is 127 Å². The molecule has 7 nitrogen and oxygen atoms in total. The minimum absolute atomic E-state index is 1.52. The fourth-order valence-corrected chi connectivity index (χ4v) is 1.07. The third-order valence-electron chi connectivity index (χ3n) is 1.83. The van der Waals surface area contributed by atoms with Gasteiger partial charge in [0.05, 0.1) is 0 Å². The molecule has 1 saturated heterocycles. The predicted octanol–water partition coefficient (Wildman–Crippen LogP) is -3.13. The average Bonchev–Trinajstić information content (AvgIpc) is 2.07. The molecule has 0 aromatic rings. The summed E-state index contributed by atoms with van der Waals surface area (Å²) in [7, 11) is 0. The van der Waals surface area contributed by atoms with Gasteiger partial charge in [-0.2, -0.15) is 0 Å². The molecule has 76 valence electrons. The summed E-state index contributed by atoms with van der Waals surface area (Å²) >= 11 is 0. The lowest BCUT2D eigenvalue weighted by Gasteiger charge is -2.36. The maximum absolute atomic E-state index is 10.4. The fourth-order valence-electron chi connectivity index (χ4n) is 1.07. The Morgan fingerprint density at radius 2 is 1.54 bits per heavy atom. The number of aliphatic hydroxyl groups is 4. The summed E-state index contributed by atoms with van der Waals surface area (Å²) in [5, 5.41) is 44.4. The van der Waals surface area contributed by atoms with Crippen molar-refractivity contribution in [3.05, 3.63) is 0 Å². The molecule has 1 fully saturated rings. The van der Waals surface area contributed by atoms with Crippen molar-refractivity contribution in [3.8, 4) is 0 Å². The van der Waals surface area contributed by atoms with E-state index in [0.717, 1.165) is 0 Å². The molecular formula is C6H10O7. The number of hydrogen-bond donors (Lipinski definition) is 5. The van der Waals surface area contributed by atoms with Crippen LogP contribution in [0, 0.1) is 0 Å². The number of aliphatic carboxylic acids is 1. The molecule has 0 saturated carbocycles. The molecule has 1 rings (SSSR count). The number of carboxylic acids is 1. The van der Waals surface area contributed by atoms with Crippen molar-refractivity contribution in [1.29, 1.82) is 0 Å². The SMILES string of the molecule is O=C(O)[C@H]1O[C@H](O)[C@@H](O)[C@@H](O)[C@H]1O. The second-order valence-corrected chi connectivity index (χ2v) is 2.76. The molecule has 0 unspecified atom stereocenters. The van der Waals surface area contributed by atoms with Crippen LogP contribution >= 0.6 is 0 Å². The van der Waals surface area contributed by atoms with Gasteiger partial charge in [0, 0.05) is 0 Å². The first kappa shape index (κ1) is 10.4. The van der Waals surface area contributed by atoms with Gasteiger partial charge in [0.1, 0.15) is 18.3 Å². The summed E-state index contributed by atoms with van der Waals surface area (Å²) in [6.45, 7) is 0. The zero-order chi connectivity index (χ0) is 10.2. The molecule has 0 radical (unpaired) electrons. The van der Waals surface area contributed by atoms with Crippen LogP contribution in [0.1, 0.15) is 0 Å². The van der Waals surface area contributed by atoms with Gasteiger partial charge in [-0.1, -0.05) is 0 Å². The molecular weight excluding hydrogens is 184 g/mol. The molecule has 0 amide bonds. The largest absolute Gasteiger partial charge is 0.479 e. The zero-order valence-electron chi connectivity index (χ0n) is 6.44. The smallest absolute Gasteiger partial charge is 0.335 e. The van der Waals surface area contributed by atoms with Gasteiger partial charge >= 0.3 is 5.97 Å². The second-order valence-electron chi connectivity index (χ2n) is 2.76. The highest BCUT2D eigenvalue weighted by molar-refractivity contribution is 5.73. The Labute approximate surface area is 72.8 Å². The van der Waals surface area contributed by atoms with Crippen molar-refractivity contribution >= 4 is 5.97 Å². The van der Waals surface area contributed by atoms with Gasteiger partial charge in [0.25, 0.3) is 0 Å². The molecule has 0 spiro atoms. The average molecular weight is 194 g/mol. The quantitative estimate of drug-likeness (QED) is 0.298. The fraction of sp³-hybridized carbons (Fsp3) is 0.833. The van der Waals surface area contributed by atoms with E-state index in [9.17, 15) is 4.79 Å².